The van der Waals surface area contributed by atoms with Gasteiger partial charge in [0.2, 0.25) is 17.6 Å². The number of hydrogen-bond donors (Lipinski definition) is 1. The zero-order chi connectivity index (χ0) is 23.2. The highest BCUT2D eigenvalue weighted by Crippen LogP contribution is 2.24. The van der Waals surface area contributed by atoms with Crippen molar-refractivity contribution in [2.45, 2.75) is 26.3 Å². The molecule has 1 saturated heterocycles. The summed E-state index contributed by atoms with van der Waals surface area (Å²) in [5.41, 5.74) is 1.64. The fraction of sp³-hybridized carbons (Fsp3) is 0.333. The van der Waals surface area contributed by atoms with Crippen LogP contribution in [0.25, 0.3) is 11.4 Å². The fourth-order valence-electron chi connectivity index (χ4n) is 3.82. The van der Waals surface area contributed by atoms with E-state index in [0.29, 0.717) is 47.4 Å². The van der Waals surface area contributed by atoms with Gasteiger partial charge in [-0.05, 0) is 57.1 Å². The molecule has 1 aliphatic heterocycles. The average molecular weight is 469 g/mol. The molecule has 0 atom stereocenters. The van der Waals surface area contributed by atoms with Gasteiger partial charge in [0.05, 0.1) is 24.4 Å². The van der Waals surface area contributed by atoms with Crippen molar-refractivity contribution in [3.05, 3.63) is 65.0 Å². The van der Waals surface area contributed by atoms with Crippen molar-refractivity contribution in [3.8, 4) is 11.4 Å². The Labute approximate surface area is 196 Å². The molecule has 9 heteroatoms. The summed E-state index contributed by atoms with van der Waals surface area (Å²) in [4.78, 5) is 31.6. The van der Waals surface area contributed by atoms with E-state index in [2.05, 4.69) is 20.4 Å². The molecule has 0 unspecified atom stereocenters. The Hall–Kier alpha value is -3.23. The van der Waals surface area contributed by atoms with Crippen LogP contribution in [-0.2, 0) is 16.1 Å². The Morgan fingerprint density at radius 3 is 2.73 bits per heavy atom. The van der Waals surface area contributed by atoms with Gasteiger partial charge < -0.3 is 14.6 Å². The number of amides is 1. The maximum Gasteiger partial charge on any atom is 0.340 e. The van der Waals surface area contributed by atoms with Gasteiger partial charge in [-0.25, -0.2) is 4.79 Å². The number of rotatable bonds is 7. The van der Waals surface area contributed by atoms with Crippen molar-refractivity contribution < 1.29 is 18.8 Å². The lowest BCUT2D eigenvalue weighted by atomic mass is 9.95. The van der Waals surface area contributed by atoms with Gasteiger partial charge in [0, 0.05) is 16.5 Å². The first-order chi connectivity index (χ1) is 16.0. The van der Waals surface area contributed by atoms with Crippen LogP contribution < -0.4 is 5.32 Å². The third kappa shape index (κ3) is 5.77. The number of carbonyl (C=O) groups excluding carboxylic acids is 2. The van der Waals surface area contributed by atoms with Crippen LogP contribution in [0.15, 0.2) is 53.1 Å². The standard InChI is InChI=1S/C24H25ClN4O4/c1-2-32-24(31)19-8-3-4-9-20(19)26-23(30)16-10-12-29(13-11-16)15-21-27-22(28-33-21)17-6-5-7-18(25)14-17/h3-9,14,16H,2,10-13,15H2,1H3,(H,26,30). The highest BCUT2D eigenvalue weighted by Gasteiger charge is 2.27. The van der Waals surface area contributed by atoms with E-state index in [-0.39, 0.29) is 18.4 Å². The summed E-state index contributed by atoms with van der Waals surface area (Å²) >= 11 is 6.04. The first kappa shape index (κ1) is 22.9. The van der Waals surface area contributed by atoms with E-state index < -0.39 is 5.97 Å². The van der Waals surface area contributed by atoms with Crippen LogP contribution in [0.4, 0.5) is 5.69 Å². The van der Waals surface area contributed by atoms with Crippen molar-refractivity contribution in [1.29, 1.82) is 0 Å². The Bertz CT molecular complexity index is 1120. The number of aromatic nitrogens is 2. The summed E-state index contributed by atoms with van der Waals surface area (Å²) in [7, 11) is 0. The summed E-state index contributed by atoms with van der Waals surface area (Å²) in [5, 5.41) is 7.56. The number of nitrogens with zero attached hydrogens (tertiary/aromatic N) is 3. The van der Waals surface area contributed by atoms with Crippen molar-refractivity contribution in [2.24, 2.45) is 5.92 Å². The summed E-state index contributed by atoms with van der Waals surface area (Å²) in [6, 6.07) is 14.2. The van der Waals surface area contributed by atoms with E-state index in [1.54, 1.807) is 43.3 Å². The topological polar surface area (TPSA) is 97.6 Å². The van der Waals surface area contributed by atoms with Gasteiger partial charge in [0.25, 0.3) is 0 Å². The number of carbonyl (C=O) groups is 2. The molecule has 1 N–H and O–H groups in total. The average Bonchev–Trinajstić information content (AvgIpc) is 3.28. The molecule has 0 radical (unpaired) electrons. The molecule has 2 aromatic carbocycles. The number of esters is 1. The van der Waals surface area contributed by atoms with Crippen molar-refractivity contribution in [1.82, 2.24) is 15.0 Å². The van der Waals surface area contributed by atoms with Crippen LogP contribution in [-0.4, -0.2) is 46.6 Å². The number of piperidine rings is 1. The maximum absolute atomic E-state index is 12.8. The zero-order valence-corrected chi connectivity index (χ0v) is 19.0. The number of nitrogens with one attached hydrogen (secondary N) is 1. The molecule has 172 valence electrons. The van der Waals surface area contributed by atoms with E-state index >= 15 is 0 Å². The van der Waals surface area contributed by atoms with E-state index in [1.165, 1.54) is 0 Å². The van der Waals surface area contributed by atoms with Gasteiger partial charge in [-0.1, -0.05) is 41.0 Å². The first-order valence-corrected chi connectivity index (χ1v) is 11.3. The Balaban J connectivity index is 1.31. The molecule has 1 aliphatic rings. The molecule has 33 heavy (non-hydrogen) atoms. The number of halogens is 1. The molecule has 0 aliphatic carbocycles. The van der Waals surface area contributed by atoms with E-state index in [9.17, 15) is 9.59 Å². The molecule has 1 fully saturated rings. The monoisotopic (exact) mass is 468 g/mol. The minimum atomic E-state index is -0.445. The highest BCUT2D eigenvalue weighted by atomic mass is 35.5. The van der Waals surface area contributed by atoms with Crippen LogP contribution in [0, 0.1) is 5.92 Å². The van der Waals surface area contributed by atoms with E-state index in [1.807, 2.05) is 12.1 Å². The summed E-state index contributed by atoms with van der Waals surface area (Å²) in [5.74, 6) is 0.354. The van der Waals surface area contributed by atoms with Gasteiger partial charge in [0.15, 0.2) is 0 Å². The lowest BCUT2D eigenvalue weighted by Gasteiger charge is -2.30. The van der Waals surface area contributed by atoms with Gasteiger partial charge in [-0.15, -0.1) is 0 Å². The molecule has 4 rings (SSSR count). The number of benzene rings is 2. The van der Waals surface area contributed by atoms with Crippen LogP contribution in [0.1, 0.15) is 36.0 Å². The fourth-order valence-corrected chi connectivity index (χ4v) is 4.01. The van der Waals surface area contributed by atoms with Crippen LogP contribution in [0.5, 0.6) is 0 Å². The minimum Gasteiger partial charge on any atom is -0.462 e. The molecular formula is C24H25ClN4O4. The normalized spacial score (nSPS) is 14.7. The van der Waals surface area contributed by atoms with Crippen molar-refractivity contribution in [3.63, 3.8) is 0 Å². The third-order valence-corrected chi connectivity index (χ3v) is 5.78. The quantitative estimate of drug-likeness (QED) is 0.512. The second-order valence-corrected chi connectivity index (χ2v) is 8.26. The summed E-state index contributed by atoms with van der Waals surface area (Å²) < 4.78 is 10.5. The lowest BCUT2D eigenvalue weighted by Crippen LogP contribution is -2.38. The van der Waals surface area contributed by atoms with Crippen LogP contribution in [0.2, 0.25) is 5.02 Å². The second kappa shape index (κ2) is 10.6. The molecular weight excluding hydrogens is 444 g/mol. The zero-order valence-electron chi connectivity index (χ0n) is 18.3. The first-order valence-electron chi connectivity index (χ1n) is 10.9. The van der Waals surface area contributed by atoms with Crippen LogP contribution >= 0.6 is 11.6 Å². The number of anilines is 1. The number of likely N-dealkylation sites (tertiary alicyclic amines) is 1. The van der Waals surface area contributed by atoms with Crippen molar-refractivity contribution >= 4 is 29.2 Å². The Kier molecular flexibility index (Phi) is 7.36. The molecule has 1 aromatic heterocycles. The molecule has 1 amide bonds. The highest BCUT2D eigenvalue weighted by molar-refractivity contribution is 6.30. The predicted molar refractivity (Wildman–Crippen MR) is 124 cm³/mol. The SMILES string of the molecule is CCOC(=O)c1ccccc1NC(=O)C1CCN(Cc2nc(-c3cccc(Cl)c3)no2)CC1. The van der Waals surface area contributed by atoms with E-state index in [4.69, 9.17) is 20.9 Å². The van der Waals surface area contributed by atoms with Gasteiger partial charge in [-0.3, -0.25) is 9.69 Å². The molecule has 3 aromatic rings. The Morgan fingerprint density at radius 1 is 1.18 bits per heavy atom. The molecule has 0 saturated carbocycles. The van der Waals surface area contributed by atoms with E-state index in [0.717, 1.165) is 18.7 Å². The molecule has 2 heterocycles. The maximum atomic E-state index is 12.8. The smallest absolute Gasteiger partial charge is 0.340 e. The van der Waals surface area contributed by atoms with Crippen molar-refractivity contribution in [2.75, 3.05) is 25.0 Å². The van der Waals surface area contributed by atoms with Gasteiger partial charge >= 0.3 is 5.97 Å². The number of hydrogen-bond acceptors (Lipinski definition) is 7. The summed E-state index contributed by atoms with van der Waals surface area (Å²) in [6.07, 6.45) is 1.39. The predicted octanol–water partition coefficient (Wildman–Crippen LogP) is 4.42. The minimum absolute atomic E-state index is 0.0903. The van der Waals surface area contributed by atoms with Gasteiger partial charge in [-0.2, -0.15) is 4.98 Å². The largest absolute Gasteiger partial charge is 0.462 e. The van der Waals surface area contributed by atoms with Crippen LogP contribution in [0.3, 0.4) is 0 Å². The summed E-state index contributed by atoms with van der Waals surface area (Å²) in [6.45, 7) is 4.01. The molecule has 0 bridgehead atoms. The second-order valence-electron chi connectivity index (χ2n) is 7.83. The molecule has 0 spiro atoms. The third-order valence-electron chi connectivity index (χ3n) is 5.55. The number of para-hydroxylation sites is 1. The van der Waals surface area contributed by atoms with Gasteiger partial charge in [0.1, 0.15) is 0 Å². The molecule has 8 nitrogen and oxygen atoms in total. The Morgan fingerprint density at radius 2 is 1.97 bits per heavy atom. The number of ether oxygens (including phenoxy) is 1. The lowest BCUT2D eigenvalue weighted by molar-refractivity contribution is -0.121.